The Hall–Kier alpha value is -2.14. The van der Waals surface area contributed by atoms with E-state index in [2.05, 4.69) is 39.1 Å². The molecule has 5 heteroatoms. The predicted octanol–water partition coefficient (Wildman–Crippen LogP) is 2.74. The third kappa shape index (κ3) is 3.54. The first-order valence-electron chi connectivity index (χ1n) is 9.85. The minimum Gasteiger partial charge on any atom is -0.342 e. The van der Waals surface area contributed by atoms with Crippen LogP contribution in [0.3, 0.4) is 0 Å². The quantitative estimate of drug-likeness (QED) is 0.920. The molecule has 0 aliphatic carbocycles. The van der Waals surface area contributed by atoms with Gasteiger partial charge < -0.3 is 9.80 Å². The maximum Gasteiger partial charge on any atom is 0.226 e. The van der Waals surface area contributed by atoms with E-state index >= 15 is 0 Å². The normalized spacial score (nSPS) is 19.2. The molecule has 2 aliphatic heterocycles. The van der Waals surface area contributed by atoms with Gasteiger partial charge in [0, 0.05) is 48.8 Å². The lowest BCUT2D eigenvalue weighted by Gasteiger charge is -2.26. The molecule has 1 aromatic carbocycles. The van der Waals surface area contributed by atoms with Crippen molar-refractivity contribution in [3.8, 4) is 11.3 Å². The fraction of sp³-hybridized carbons (Fsp3) is 0.524. The molecule has 1 aromatic heterocycles. The van der Waals surface area contributed by atoms with E-state index in [9.17, 15) is 4.79 Å². The van der Waals surface area contributed by atoms with Gasteiger partial charge in [0.05, 0.1) is 5.69 Å². The second-order valence-electron chi connectivity index (χ2n) is 7.63. The maximum absolute atomic E-state index is 12.9. The Morgan fingerprint density at radius 1 is 1.12 bits per heavy atom. The molecule has 3 heterocycles. The lowest BCUT2D eigenvalue weighted by molar-refractivity contribution is -0.135. The van der Waals surface area contributed by atoms with Crippen LogP contribution in [-0.4, -0.2) is 58.6 Å². The van der Waals surface area contributed by atoms with Crippen molar-refractivity contribution < 1.29 is 4.79 Å². The smallest absolute Gasteiger partial charge is 0.226 e. The first-order chi connectivity index (χ1) is 12.7. The van der Waals surface area contributed by atoms with Crippen LogP contribution in [0.4, 0.5) is 0 Å². The molecule has 1 fully saturated rings. The summed E-state index contributed by atoms with van der Waals surface area (Å²) in [5, 5.41) is 7.76. The van der Waals surface area contributed by atoms with Gasteiger partial charge in [-0.05, 0) is 32.4 Å². The Bertz CT molecular complexity index is 749. The van der Waals surface area contributed by atoms with Gasteiger partial charge in [0.2, 0.25) is 5.91 Å². The molecule has 1 amide bonds. The molecule has 0 saturated carbocycles. The number of hydrogen-bond donors (Lipinski definition) is 1. The van der Waals surface area contributed by atoms with Crippen molar-refractivity contribution in [2.45, 2.75) is 32.6 Å². The molecule has 138 valence electrons. The van der Waals surface area contributed by atoms with Crippen LogP contribution in [0.5, 0.6) is 0 Å². The van der Waals surface area contributed by atoms with Gasteiger partial charge in [-0.2, -0.15) is 5.10 Å². The van der Waals surface area contributed by atoms with Crippen molar-refractivity contribution >= 4 is 5.91 Å². The average Bonchev–Trinajstić information content (AvgIpc) is 3.27. The van der Waals surface area contributed by atoms with E-state index in [0.717, 1.165) is 56.8 Å². The van der Waals surface area contributed by atoms with Crippen LogP contribution in [-0.2, 0) is 17.6 Å². The number of amides is 1. The monoisotopic (exact) mass is 352 g/mol. The fourth-order valence-electron chi connectivity index (χ4n) is 4.28. The Morgan fingerprint density at radius 3 is 2.62 bits per heavy atom. The predicted molar refractivity (Wildman–Crippen MR) is 103 cm³/mol. The fourth-order valence-corrected chi connectivity index (χ4v) is 4.28. The first kappa shape index (κ1) is 17.3. The molecule has 5 nitrogen and oxygen atoms in total. The van der Waals surface area contributed by atoms with Crippen LogP contribution in [0.2, 0.25) is 0 Å². The van der Waals surface area contributed by atoms with Crippen LogP contribution in [0, 0.1) is 5.92 Å². The molecule has 2 aliphatic rings. The summed E-state index contributed by atoms with van der Waals surface area (Å²) in [4.78, 5) is 17.4. The van der Waals surface area contributed by atoms with Gasteiger partial charge in [0.25, 0.3) is 0 Å². The van der Waals surface area contributed by atoms with E-state index in [1.165, 1.54) is 24.1 Å². The lowest BCUT2D eigenvalue weighted by atomic mass is 10.0. The highest BCUT2D eigenvalue weighted by Crippen LogP contribution is 2.27. The highest BCUT2D eigenvalue weighted by Gasteiger charge is 2.27. The molecule has 1 N–H and O–H groups in total. The minimum atomic E-state index is 0.0799. The van der Waals surface area contributed by atoms with Crippen molar-refractivity contribution in [2.24, 2.45) is 5.92 Å². The van der Waals surface area contributed by atoms with Crippen molar-refractivity contribution in [3.05, 3.63) is 41.6 Å². The molecule has 2 aromatic rings. The highest BCUT2D eigenvalue weighted by atomic mass is 16.2. The van der Waals surface area contributed by atoms with E-state index in [1.54, 1.807) is 0 Å². The third-order valence-corrected chi connectivity index (χ3v) is 5.73. The molecule has 1 unspecified atom stereocenters. The number of carbonyl (C=O) groups is 1. The molecule has 1 saturated heterocycles. The SMILES string of the molecule is CC(CN1CCCC1)C(=O)N1CCc2[nH]nc(-c3ccccc3)c2CC1. The Morgan fingerprint density at radius 2 is 1.85 bits per heavy atom. The number of fused-ring (bicyclic) bond motifs is 1. The van der Waals surface area contributed by atoms with Crippen molar-refractivity contribution in [3.63, 3.8) is 0 Å². The highest BCUT2D eigenvalue weighted by molar-refractivity contribution is 5.79. The summed E-state index contributed by atoms with van der Waals surface area (Å²) >= 11 is 0. The number of aromatic nitrogens is 2. The van der Waals surface area contributed by atoms with Crippen molar-refractivity contribution in [1.82, 2.24) is 20.0 Å². The molecule has 1 atom stereocenters. The Labute approximate surface area is 155 Å². The number of hydrogen-bond acceptors (Lipinski definition) is 3. The lowest BCUT2D eigenvalue weighted by Crippen LogP contribution is -2.41. The second-order valence-corrected chi connectivity index (χ2v) is 7.63. The van der Waals surface area contributed by atoms with E-state index in [1.807, 2.05) is 18.2 Å². The molecule has 0 radical (unpaired) electrons. The topological polar surface area (TPSA) is 52.2 Å². The largest absolute Gasteiger partial charge is 0.342 e. The van der Waals surface area contributed by atoms with E-state index < -0.39 is 0 Å². The summed E-state index contributed by atoms with van der Waals surface area (Å²) in [6.45, 7) is 6.85. The molecular weight excluding hydrogens is 324 g/mol. The molecule has 4 rings (SSSR count). The molecule has 0 bridgehead atoms. The van der Waals surface area contributed by atoms with E-state index in [-0.39, 0.29) is 5.92 Å². The number of carbonyl (C=O) groups excluding carboxylic acids is 1. The first-order valence-corrected chi connectivity index (χ1v) is 9.85. The van der Waals surface area contributed by atoms with Gasteiger partial charge in [-0.15, -0.1) is 0 Å². The van der Waals surface area contributed by atoms with Crippen LogP contribution >= 0.6 is 0 Å². The summed E-state index contributed by atoms with van der Waals surface area (Å²) in [6.07, 6.45) is 4.28. The molecular formula is C21H28N4O. The summed E-state index contributed by atoms with van der Waals surface area (Å²) in [5.41, 5.74) is 4.65. The number of nitrogens with zero attached hydrogens (tertiary/aromatic N) is 3. The minimum absolute atomic E-state index is 0.0799. The van der Waals surface area contributed by atoms with Gasteiger partial charge in [0.1, 0.15) is 0 Å². The Balaban J connectivity index is 1.43. The number of rotatable bonds is 4. The van der Waals surface area contributed by atoms with Gasteiger partial charge in [-0.25, -0.2) is 0 Å². The zero-order valence-corrected chi connectivity index (χ0v) is 15.6. The third-order valence-electron chi connectivity index (χ3n) is 5.73. The second kappa shape index (κ2) is 7.62. The van der Waals surface area contributed by atoms with Crippen LogP contribution < -0.4 is 0 Å². The van der Waals surface area contributed by atoms with Crippen LogP contribution in [0.25, 0.3) is 11.3 Å². The van der Waals surface area contributed by atoms with Crippen LogP contribution in [0.15, 0.2) is 30.3 Å². The standard InChI is InChI=1S/C21H28N4O/c1-16(15-24-11-5-6-12-24)21(26)25-13-9-18-19(10-14-25)22-23-20(18)17-7-3-2-4-8-17/h2-4,7-8,16H,5-6,9-15H2,1H3,(H,22,23). The number of nitrogens with one attached hydrogen (secondary N) is 1. The van der Waals surface area contributed by atoms with Gasteiger partial charge in [-0.3, -0.25) is 9.89 Å². The summed E-state index contributed by atoms with van der Waals surface area (Å²) in [7, 11) is 0. The Kier molecular flexibility index (Phi) is 5.07. The number of likely N-dealkylation sites (tertiary alicyclic amines) is 1. The van der Waals surface area contributed by atoms with E-state index in [4.69, 9.17) is 0 Å². The summed E-state index contributed by atoms with van der Waals surface area (Å²) < 4.78 is 0. The summed E-state index contributed by atoms with van der Waals surface area (Å²) in [6, 6.07) is 10.3. The van der Waals surface area contributed by atoms with Crippen molar-refractivity contribution in [2.75, 3.05) is 32.7 Å². The van der Waals surface area contributed by atoms with Crippen molar-refractivity contribution in [1.29, 1.82) is 0 Å². The molecule has 26 heavy (non-hydrogen) atoms. The van der Waals surface area contributed by atoms with Crippen LogP contribution in [0.1, 0.15) is 31.0 Å². The number of benzene rings is 1. The maximum atomic E-state index is 12.9. The van der Waals surface area contributed by atoms with Gasteiger partial charge >= 0.3 is 0 Å². The van der Waals surface area contributed by atoms with E-state index in [0.29, 0.717) is 5.91 Å². The van der Waals surface area contributed by atoms with Gasteiger partial charge in [0.15, 0.2) is 0 Å². The van der Waals surface area contributed by atoms with Gasteiger partial charge in [-0.1, -0.05) is 37.3 Å². The number of aromatic amines is 1. The summed E-state index contributed by atoms with van der Waals surface area (Å²) in [5.74, 6) is 0.382. The molecule has 0 spiro atoms. The average molecular weight is 352 g/mol. The zero-order valence-electron chi connectivity index (χ0n) is 15.6. The number of H-pyrrole nitrogens is 1. The zero-order chi connectivity index (χ0) is 17.9.